The summed E-state index contributed by atoms with van der Waals surface area (Å²) >= 11 is 0. The molecule has 0 aromatic carbocycles. The van der Waals surface area contributed by atoms with Crippen LogP contribution in [0.2, 0.25) is 0 Å². The third kappa shape index (κ3) is 3.23. The molecular formula is C19H21N5O3. The maximum Gasteiger partial charge on any atom is 0.255 e. The fourth-order valence-corrected chi connectivity index (χ4v) is 3.53. The quantitative estimate of drug-likeness (QED) is 0.711. The van der Waals surface area contributed by atoms with Crippen LogP contribution in [0.3, 0.4) is 0 Å². The molecule has 1 saturated carbocycles. The lowest BCUT2D eigenvalue weighted by Crippen LogP contribution is -2.41. The van der Waals surface area contributed by atoms with E-state index in [1.165, 1.54) is 0 Å². The van der Waals surface area contributed by atoms with Gasteiger partial charge in [0.1, 0.15) is 5.75 Å². The summed E-state index contributed by atoms with van der Waals surface area (Å²) in [5.41, 5.74) is 2.73. The molecule has 3 aromatic heterocycles. The fourth-order valence-electron chi connectivity index (χ4n) is 3.53. The normalized spacial score (nSPS) is 20.1. The second-order valence-corrected chi connectivity index (χ2v) is 6.85. The average molecular weight is 367 g/mol. The zero-order valence-electron chi connectivity index (χ0n) is 15.2. The molecule has 8 heteroatoms. The molecule has 27 heavy (non-hydrogen) atoms. The highest BCUT2D eigenvalue weighted by Crippen LogP contribution is 2.38. The SMILES string of the molecule is COc1cncc(C(NC(=O)c2cnc3ccnn3c2C)C2CC(O)C2)c1. The Hall–Kier alpha value is -3.00. The number of aliphatic hydroxyl groups is 1. The van der Waals surface area contributed by atoms with E-state index in [9.17, 15) is 9.90 Å². The number of rotatable bonds is 5. The van der Waals surface area contributed by atoms with E-state index in [2.05, 4.69) is 20.4 Å². The molecule has 1 unspecified atom stereocenters. The number of nitrogens with zero attached hydrogens (tertiary/aromatic N) is 4. The summed E-state index contributed by atoms with van der Waals surface area (Å²) in [5, 5.41) is 17.0. The van der Waals surface area contributed by atoms with Gasteiger partial charge < -0.3 is 15.2 Å². The highest BCUT2D eigenvalue weighted by molar-refractivity contribution is 5.95. The molecule has 0 spiro atoms. The predicted octanol–water partition coefficient (Wildman–Crippen LogP) is 1.68. The van der Waals surface area contributed by atoms with Gasteiger partial charge in [-0.1, -0.05) is 0 Å². The molecule has 3 heterocycles. The minimum atomic E-state index is -0.322. The van der Waals surface area contributed by atoms with Gasteiger partial charge in [0.25, 0.3) is 5.91 Å². The summed E-state index contributed by atoms with van der Waals surface area (Å²) in [6, 6.07) is 3.38. The van der Waals surface area contributed by atoms with Gasteiger partial charge in [-0.2, -0.15) is 5.10 Å². The van der Waals surface area contributed by atoms with Gasteiger partial charge in [-0.25, -0.2) is 9.50 Å². The largest absolute Gasteiger partial charge is 0.495 e. The third-order valence-corrected chi connectivity index (χ3v) is 5.14. The molecule has 1 amide bonds. The van der Waals surface area contributed by atoms with Crippen molar-refractivity contribution in [2.75, 3.05) is 7.11 Å². The monoisotopic (exact) mass is 367 g/mol. The zero-order valence-corrected chi connectivity index (χ0v) is 15.2. The first-order valence-corrected chi connectivity index (χ1v) is 8.84. The molecule has 1 fully saturated rings. The number of aromatic nitrogens is 4. The van der Waals surface area contributed by atoms with Gasteiger partial charge in [0.2, 0.25) is 0 Å². The fraction of sp³-hybridized carbons (Fsp3) is 0.368. The van der Waals surface area contributed by atoms with Crippen molar-refractivity contribution in [1.82, 2.24) is 24.9 Å². The van der Waals surface area contributed by atoms with Crippen molar-refractivity contribution in [3.8, 4) is 5.75 Å². The number of nitrogens with one attached hydrogen (secondary N) is 1. The number of ether oxygens (including phenoxy) is 1. The number of aryl methyl sites for hydroxylation is 1. The van der Waals surface area contributed by atoms with Crippen LogP contribution in [-0.4, -0.2) is 43.8 Å². The summed E-state index contributed by atoms with van der Waals surface area (Å²) in [4.78, 5) is 21.5. The molecule has 0 bridgehead atoms. The smallest absolute Gasteiger partial charge is 0.255 e. The van der Waals surface area contributed by atoms with Gasteiger partial charge in [-0.05, 0) is 37.3 Å². The van der Waals surface area contributed by atoms with Crippen LogP contribution in [0.1, 0.15) is 40.5 Å². The molecular weight excluding hydrogens is 346 g/mol. The number of aliphatic hydroxyl groups excluding tert-OH is 1. The molecule has 0 aliphatic heterocycles. The number of hydrogen-bond acceptors (Lipinski definition) is 6. The summed E-state index contributed by atoms with van der Waals surface area (Å²) in [5.74, 6) is 0.536. The van der Waals surface area contributed by atoms with Gasteiger partial charge in [-0.3, -0.25) is 9.78 Å². The lowest BCUT2D eigenvalue weighted by Gasteiger charge is -2.38. The Morgan fingerprint density at radius 3 is 2.93 bits per heavy atom. The molecule has 2 N–H and O–H groups in total. The summed E-state index contributed by atoms with van der Waals surface area (Å²) in [7, 11) is 1.58. The second kappa shape index (κ2) is 6.96. The van der Waals surface area contributed by atoms with E-state index in [1.54, 1.807) is 42.5 Å². The predicted molar refractivity (Wildman–Crippen MR) is 97.5 cm³/mol. The number of carbonyl (C=O) groups excluding carboxylic acids is 1. The Morgan fingerprint density at radius 2 is 2.19 bits per heavy atom. The third-order valence-electron chi connectivity index (χ3n) is 5.14. The van der Waals surface area contributed by atoms with Gasteiger partial charge in [0.05, 0.1) is 42.9 Å². The van der Waals surface area contributed by atoms with Gasteiger partial charge in [0, 0.05) is 18.5 Å². The lowest BCUT2D eigenvalue weighted by molar-refractivity contribution is 0.0234. The zero-order chi connectivity index (χ0) is 19.0. The van der Waals surface area contributed by atoms with E-state index < -0.39 is 0 Å². The Kier molecular flexibility index (Phi) is 4.49. The van der Waals surface area contributed by atoms with Crippen molar-refractivity contribution in [2.45, 2.75) is 31.9 Å². The van der Waals surface area contributed by atoms with E-state index in [1.807, 2.05) is 13.0 Å². The molecule has 1 aliphatic rings. The highest BCUT2D eigenvalue weighted by atomic mass is 16.5. The Balaban J connectivity index is 1.64. The van der Waals surface area contributed by atoms with Crippen molar-refractivity contribution < 1.29 is 14.6 Å². The molecule has 1 atom stereocenters. The van der Waals surface area contributed by atoms with E-state index in [0.29, 0.717) is 29.8 Å². The first-order valence-electron chi connectivity index (χ1n) is 8.84. The highest BCUT2D eigenvalue weighted by Gasteiger charge is 2.36. The van der Waals surface area contributed by atoms with Crippen LogP contribution in [0.4, 0.5) is 0 Å². The molecule has 0 radical (unpaired) electrons. The minimum Gasteiger partial charge on any atom is -0.495 e. The van der Waals surface area contributed by atoms with Gasteiger partial charge in [-0.15, -0.1) is 0 Å². The molecule has 3 aromatic rings. The Labute approximate surface area is 156 Å². The van der Waals surface area contributed by atoms with Gasteiger partial charge >= 0.3 is 0 Å². The Morgan fingerprint density at radius 1 is 1.37 bits per heavy atom. The standard InChI is InChI=1S/C19H21N5O3/c1-11-16(10-21-17-3-4-22-24(11)17)19(26)23-18(12-5-14(25)6-12)13-7-15(27-2)9-20-8-13/h3-4,7-10,12,14,18,25H,5-6H2,1-2H3,(H,23,26). The van der Waals surface area contributed by atoms with Crippen LogP contribution in [0.5, 0.6) is 5.75 Å². The lowest BCUT2D eigenvalue weighted by atomic mass is 9.75. The van der Waals surface area contributed by atoms with E-state index in [4.69, 9.17) is 4.74 Å². The first kappa shape index (κ1) is 17.4. The van der Waals surface area contributed by atoms with E-state index >= 15 is 0 Å². The van der Waals surface area contributed by atoms with Gasteiger partial charge in [0.15, 0.2) is 5.65 Å². The number of hydrogen-bond donors (Lipinski definition) is 2. The number of fused-ring (bicyclic) bond motifs is 1. The molecule has 0 saturated heterocycles. The van der Waals surface area contributed by atoms with Crippen LogP contribution < -0.4 is 10.1 Å². The van der Waals surface area contributed by atoms with Crippen molar-refractivity contribution in [3.05, 3.63) is 53.7 Å². The molecule has 1 aliphatic carbocycles. The number of pyridine rings is 1. The average Bonchev–Trinajstić information content (AvgIpc) is 3.14. The Bertz CT molecular complexity index is 980. The van der Waals surface area contributed by atoms with Crippen molar-refractivity contribution in [1.29, 1.82) is 0 Å². The van der Waals surface area contributed by atoms with E-state index in [-0.39, 0.29) is 24.0 Å². The molecule has 140 valence electrons. The first-order chi connectivity index (χ1) is 13.1. The maximum atomic E-state index is 13.0. The van der Waals surface area contributed by atoms with E-state index in [0.717, 1.165) is 11.3 Å². The maximum absolute atomic E-state index is 13.0. The molecule has 8 nitrogen and oxygen atoms in total. The summed E-state index contributed by atoms with van der Waals surface area (Å²) in [6.07, 6.45) is 7.51. The van der Waals surface area contributed by atoms with Crippen LogP contribution in [0.25, 0.3) is 5.65 Å². The van der Waals surface area contributed by atoms with Crippen LogP contribution >= 0.6 is 0 Å². The van der Waals surface area contributed by atoms with Crippen LogP contribution in [-0.2, 0) is 0 Å². The molecule has 4 rings (SSSR count). The number of methoxy groups -OCH3 is 1. The van der Waals surface area contributed by atoms with Crippen LogP contribution in [0, 0.1) is 12.8 Å². The second-order valence-electron chi connectivity index (χ2n) is 6.85. The number of carbonyl (C=O) groups is 1. The van der Waals surface area contributed by atoms with Crippen molar-refractivity contribution >= 4 is 11.6 Å². The van der Waals surface area contributed by atoms with Crippen molar-refractivity contribution in [3.63, 3.8) is 0 Å². The summed E-state index contributed by atoms with van der Waals surface area (Å²) < 4.78 is 6.90. The topological polar surface area (TPSA) is 102 Å². The van der Waals surface area contributed by atoms with Crippen LogP contribution in [0.15, 0.2) is 36.9 Å². The minimum absolute atomic E-state index is 0.138. The number of amides is 1. The van der Waals surface area contributed by atoms with Crippen molar-refractivity contribution in [2.24, 2.45) is 5.92 Å². The summed E-state index contributed by atoms with van der Waals surface area (Å²) in [6.45, 7) is 1.84.